The summed E-state index contributed by atoms with van der Waals surface area (Å²) in [6.07, 6.45) is 4.51. The number of carbonyl (C=O) groups excluding carboxylic acids is 1. The summed E-state index contributed by atoms with van der Waals surface area (Å²) >= 11 is 0. The number of aryl methyl sites for hydroxylation is 1. The van der Waals surface area contributed by atoms with Crippen molar-refractivity contribution >= 4 is 16.9 Å². The Labute approximate surface area is 131 Å². The highest BCUT2D eigenvalue weighted by molar-refractivity contribution is 5.99. The number of hydrogen-bond acceptors (Lipinski definition) is 3. The number of unbranched alkanes of at least 4 members (excludes halogenated alkanes) is 2. The molecule has 2 rings (SSSR count). The third-order valence-corrected chi connectivity index (χ3v) is 3.97. The average molecular weight is 303 g/mol. The number of ether oxygens (including phenoxy) is 1. The number of methoxy groups -OCH3 is 1. The van der Waals surface area contributed by atoms with Crippen LogP contribution in [-0.2, 0) is 0 Å². The Kier molecular flexibility index (Phi) is 5.47. The Hall–Kier alpha value is -1.97. The molecule has 1 unspecified atom stereocenters. The van der Waals surface area contributed by atoms with Crippen molar-refractivity contribution in [1.29, 1.82) is 0 Å². The van der Waals surface area contributed by atoms with Crippen molar-refractivity contribution in [3.05, 3.63) is 29.5 Å². The first-order valence-corrected chi connectivity index (χ1v) is 7.94. The largest absolute Gasteiger partial charge is 0.497 e. The van der Waals surface area contributed by atoms with E-state index in [0.29, 0.717) is 11.3 Å². The standard InChI is InChI=1S/C18H25NO3/c1-5-6-7-8-12(2)19-18(20)17-13(3)15-11-14(21-4)9-10-16(15)22-17/h9-12H,5-8H2,1-4H3,(H,19,20). The third-order valence-electron chi connectivity index (χ3n) is 3.97. The maximum atomic E-state index is 12.4. The van der Waals surface area contributed by atoms with Gasteiger partial charge in [-0.05, 0) is 38.5 Å². The van der Waals surface area contributed by atoms with E-state index < -0.39 is 0 Å². The van der Waals surface area contributed by atoms with Gasteiger partial charge in [-0.2, -0.15) is 0 Å². The van der Waals surface area contributed by atoms with Crippen LogP contribution in [0.2, 0.25) is 0 Å². The lowest BCUT2D eigenvalue weighted by atomic mass is 10.1. The van der Waals surface area contributed by atoms with Gasteiger partial charge < -0.3 is 14.5 Å². The van der Waals surface area contributed by atoms with Gasteiger partial charge >= 0.3 is 0 Å². The summed E-state index contributed by atoms with van der Waals surface area (Å²) in [5.74, 6) is 1.01. The minimum Gasteiger partial charge on any atom is -0.497 e. The highest BCUT2D eigenvalue weighted by Crippen LogP contribution is 2.28. The molecular formula is C18H25NO3. The van der Waals surface area contributed by atoms with Crippen molar-refractivity contribution in [3.63, 3.8) is 0 Å². The maximum absolute atomic E-state index is 12.4. The summed E-state index contributed by atoms with van der Waals surface area (Å²) in [5.41, 5.74) is 1.56. The first-order valence-electron chi connectivity index (χ1n) is 7.94. The highest BCUT2D eigenvalue weighted by atomic mass is 16.5. The molecule has 1 aromatic heterocycles. The number of benzene rings is 1. The van der Waals surface area contributed by atoms with E-state index in [1.807, 2.05) is 32.0 Å². The lowest BCUT2D eigenvalue weighted by Crippen LogP contribution is -2.32. The number of hydrogen-bond donors (Lipinski definition) is 1. The second kappa shape index (κ2) is 7.34. The van der Waals surface area contributed by atoms with Gasteiger partial charge in [-0.25, -0.2) is 0 Å². The second-order valence-corrected chi connectivity index (χ2v) is 5.79. The third kappa shape index (κ3) is 3.62. The smallest absolute Gasteiger partial charge is 0.287 e. The fourth-order valence-electron chi connectivity index (χ4n) is 2.61. The highest BCUT2D eigenvalue weighted by Gasteiger charge is 2.19. The van der Waals surface area contributed by atoms with Gasteiger partial charge in [-0.15, -0.1) is 0 Å². The zero-order chi connectivity index (χ0) is 16.1. The van der Waals surface area contributed by atoms with Crippen LogP contribution in [0.5, 0.6) is 5.75 Å². The van der Waals surface area contributed by atoms with Gasteiger partial charge in [0.2, 0.25) is 0 Å². The van der Waals surface area contributed by atoms with E-state index in [1.54, 1.807) is 7.11 Å². The Balaban J connectivity index is 2.12. The molecule has 1 heterocycles. The molecule has 0 saturated carbocycles. The molecule has 1 aromatic carbocycles. The Bertz CT molecular complexity index is 645. The van der Waals surface area contributed by atoms with E-state index in [0.717, 1.165) is 29.5 Å². The lowest BCUT2D eigenvalue weighted by Gasteiger charge is -2.12. The number of furan rings is 1. The van der Waals surface area contributed by atoms with Crippen LogP contribution in [0.1, 0.15) is 55.6 Å². The molecular weight excluding hydrogens is 278 g/mol. The predicted octanol–water partition coefficient (Wildman–Crippen LogP) is 4.45. The number of fused-ring (bicyclic) bond motifs is 1. The van der Waals surface area contributed by atoms with Crippen molar-refractivity contribution < 1.29 is 13.9 Å². The van der Waals surface area contributed by atoms with Gasteiger partial charge in [-0.1, -0.05) is 26.2 Å². The molecule has 0 bridgehead atoms. The summed E-state index contributed by atoms with van der Waals surface area (Å²) in [6, 6.07) is 5.72. The molecule has 4 nitrogen and oxygen atoms in total. The van der Waals surface area contributed by atoms with Gasteiger partial charge in [0.05, 0.1) is 7.11 Å². The Morgan fingerprint density at radius 2 is 2.14 bits per heavy atom. The monoisotopic (exact) mass is 303 g/mol. The quantitative estimate of drug-likeness (QED) is 0.769. The maximum Gasteiger partial charge on any atom is 0.287 e. The van der Waals surface area contributed by atoms with E-state index in [4.69, 9.17) is 9.15 Å². The van der Waals surface area contributed by atoms with Crippen LogP contribution in [0, 0.1) is 6.92 Å². The molecule has 0 aliphatic carbocycles. The van der Waals surface area contributed by atoms with Crippen molar-refractivity contribution in [1.82, 2.24) is 5.32 Å². The molecule has 0 saturated heterocycles. The SMILES string of the molecule is CCCCCC(C)NC(=O)c1oc2ccc(OC)cc2c1C. The molecule has 0 aliphatic rings. The summed E-state index contributed by atoms with van der Waals surface area (Å²) in [6.45, 7) is 6.12. The van der Waals surface area contributed by atoms with Crippen LogP contribution in [0.15, 0.2) is 22.6 Å². The average Bonchev–Trinajstić information content (AvgIpc) is 2.84. The van der Waals surface area contributed by atoms with Gasteiger partial charge in [0.25, 0.3) is 5.91 Å². The predicted molar refractivity (Wildman–Crippen MR) is 88.6 cm³/mol. The van der Waals surface area contributed by atoms with E-state index in [9.17, 15) is 4.79 Å². The summed E-state index contributed by atoms with van der Waals surface area (Å²) in [7, 11) is 1.63. The minimum atomic E-state index is -0.142. The first kappa shape index (κ1) is 16.4. The van der Waals surface area contributed by atoms with Crippen molar-refractivity contribution in [2.45, 2.75) is 52.5 Å². The van der Waals surface area contributed by atoms with Crippen LogP contribution in [0.3, 0.4) is 0 Å². The van der Waals surface area contributed by atoms with Crippen molar-refractivity contribution in [2.24, 2.45) is 0 Å². The molecule has 120 valence electrons. The number of carbonyl (C=O) groups is 1. The van der Waals surface area contributed by atoms with Gasteiger partial charge in [-0.3, -0.25) is 4.79 Å². The molecule has 1 N–H and O–H groups in total. The summed E-state index contributed by atoms with van der Waals surface area (Å²) in [4.78, 5) is 12.4. The van der Waals surface area contributed by atoms with Gasteiger partial charge in [0.1, 0.15) is 11.3 Å². The number of nitrogens with one attached hydrogen (secondary N) is 1. The molecule has 0 spiro atoms. The van der Waals surface area contributed by atoms with Crippen molar-refractivity contribution in [3.8, 4) is 5.75 Å². The molecule has 4 heteroatoms. The summed E-state index contributed by atoms with van der Waals surface area (Å²) in [5, 5.41) is 3.94. The van der Waals surface area contributed by atoms with Crippen molar-refractivity contribution in [2.75, 3.05) is 7.11 Å². The van der Waals surface area contributed by atoms with E-state index in [1.165, 1.54) is 12.8 Å². The Morgan fingerprint density at radius 1 is 1.36 bits per heavy atom. The zero-order valence-corrected chi connectivity index (χ0v) is 13.9. The van der Waals surface area contributed by atoms with Crippen LogP contribution < -0.4 is 10.1 Å². The molecule has 0 aliphatic heterocycles. The number of amides is 1. The molecule has 1 amide bonds. The number of rotatable bonds is 7. The van der Waals surface area contributed by atoms with Gasteiger partial charge in [0, 0.05) is 17.0 Å². The fraction of sp³-hybridized carbons (Fsp3) is 0.500. The summed E-state index contributed by atoms with van der Waals surface area (Å²) < 4.78 is 10.9. The van der Waals surface area contributed by atoms with Crippen LogP contribution in [-0.4, -0.2) is 19.1 Å². The Morgan fingerprint density at radius 3 is 2.82 bits per heavy atom. The lowest BCUT2D eigenvalue weighted by molar-refractivity contribution is 0.0911. The van der Waals surface area contributed by atoms with E-state index in [-0.39, 0.29) is 11.9 Å². The normalized spacial score (nSPS) is 12.4. The van der Waals surface area contributed by atoms with E-state index >= 15 is 0 Å². The second-order valence-electron chi connectivity index (χ2n) is 5.79. The molecule has 22 heavy (non-hydrogen) atoms. The molecule has 2 aromatic rings. The first-order chi connectivity index (χ1) is 10.6. The topological polar surface area (TPSA) is 51.5 Å². The van der Waals surface area contributed by atoms with E-state index in [2.05, 4.69) is 12.2 Å². The molecule has 0 radical (unpaired) electrons. The fourth-order valence-corrected chi connectivity index (χ4v) is 2.61. The minimum absolute atomic E-state index is 0.142. The molecule has 1 atom stereocenters. The van der Waals surface area contributed by atoms with Crippen LogP contribution in [0.25, 0.3) is 11.0 Å². The van der Waals surface area contributed by atoms with Gasteiger partial charge in [0.15, 0.2) is 5.76 Å². The zero-order valence-electron chi connectivity index (χ0n) is 13.9. The van der Waals surface area contributed by atoms with Crippen LogP contribution in [0.4, 0.5) is 0 Å². The molecule has 0 fully saturated rings. The van der Waals surface area contributed by atoms with Crippen LogP contribution >= 0.6 is 0 Å².